The van der Waals surface area contributed by atoms with E-state index in [4.69, 9.17) is 0 Å². The standard InChI is InChI=1S/C20H24N2O2/c1-5-19(23)21-18-9-7-6-8-17(18)20(24)22(4)13-16-11-10-14(2)12-15(16)3/h6-12H,5,13H2,1-4H3,(H,21,23). The molecule has 0 aliphatic heterocycles. The Kier molecular flexibility index (Phi) is 5.74. The molecule has 0 aliphatic carbocycles. The number of hydrogen-bond donors (Lipinski definition) is 1. The van der Waals surface area contributed by atoms with Crippen molar-refractivity contribution in [1.82, 2.24) is 4.90 Å². The summed E-state index contributed by atoms with van der Waals surface area (Å²) < 4.78 is 0. The first-order valence-corrected chi connectivity index (χ1v) is 8.12. The highest BCUT2D eigenvalue weighted by atomic mass is 16.2. The number of benzene rings is 2. The van der Waals surface area contributed by atoms with Gasteiger partial charge in [0.15, 0.2) is 0 Å². The summed E-state index contributed by atoms with van der Waals surface area (Å²) in [4.78, 5) is 26.1. The molecule has 24 heavy (non-hydrogen) atoms. The van der Waals surface area contributed by atoms with E-state index in [2.05, 4.69) is 37.4 Å². The van der Waals surface area contributed by atoms with Crippen molar-refractivity contribution in [3.05, 3.63) is 64.7 Å². The fourth-order valence-corrected chi connectivity index (χ4v) is 2.57. The van der Waals surface area contributed by atoms with Crippen LogP contribution in [-0.4, -0.2) is 23.8 Å². The Balaban J connectivity index is 2.20. The number of rotatable bonds is 5. The number of carbonyl (C=O) groups excluding carboxylic acids is 2. The average molecular weight is 324 g/mol. The van der Waals surface area contributed by atoms with Crippen LogP contribution in [0.1, 0.15) is 40.4 Å². The summed E-state index contributed by atoms with van der Waals surface area (Å²) in [5.41, 5.74) is 4.56. The van der Waals surface area contributed by atoms with Gasteiger partial charge in [0.05, 0.1) is 11.3 Å². The zero-order valence-corrected chi connectivity index (χ0v) is 14.7. The summed E-state index contributed by atoms with van der Waals surface area (Å²) in [6.07, 6.45) is 0.376. The molecule has 0 saturated heterocycles. The van der Waals surface area contributed by atoms with Crippen molar-refractivity contribution in [2.24, 2.45) is 0 Å². The van der Waals surface area contributed by atoms with Crippen LogP contribution in [0.3, 0.4) is 0 Å². The lowest BCUT2D eigenvalue weighted by molar-refractivity contribution is -0.115. The average Bonchev–Trinajstić information content (AvgIpc) is 2.57. The maximum absolute atomic E-state index is 12.8. The highest BCUT2D eigenvalue weighted by Crippen LogP contribution is 2.19. The van der Waals surface area contributed by atoms with Gasteiger partial charge in [0.25, 0.3) is 5.91 Å². The van der Waals surface area contributed by atoms with Crippen LogP contribution >= 0.6 is 0 Å². The minimum atomic E-state index is -0.109. The monoisotopic (exact) mass is 324 g/mol. The van der Waals surface area contributed by atoms with Crippen molar-refractivity contribution < 1.29 is 9.59 Å². The van der Waals surface area contributed by atoms with Gasteiger partial charge in [0.2, 0.25) is 5.91 Å². The minimum Gasteiger partial charge on any atom is -0.337 e. The van der Waals surface area contributed by atoms with Gasteiger partial charge in [-0.3, -0.25) is 9.59 Å². The predicted molar refractivity (Wildman–Crippen MR) is 97.1 cm³/mol. The van der Waals surface area contributed by atoms with E-state index in [1.54, 1.807) is 37.1 Å². The lowest BCUT2D eigenvalue weighted by Crippen LogP contribution is -2.27. The molecular formula is C20H24N2O2. The summed E-state index contributed by atoms with van der Waals surface area (Å²) >= 11 is 0. The molecule has 2 amide bonds. The first-order valence-electron chi connectivity index (χ1n) is 8.12. The third-order valence-electron chi connectivity index (χ3n) is 4.00. The van der Waals surface area contributed by atoms with E-state index in [9.17, 15) is 9.59 Å². The largest absolute Gasteiger partial charge is 0.337 e. The van der Waals surface area contributed by atoms with Crippen molar-refractivity contribution >= 4 is 17.5 Å². The smallest absolute Gasteiger partial charge is 0.256 e. The lowest BCUT2D eigenvalue weighted by atomic mass is 10.0. The molecule has 2 aromatic carbocycles. The number of nitrogens with one attached hydrogen (secondary N) is 1. The Morgan fingerprint density at radius 2 is 1.79 bits per heavy atom. The van der Waals surface area contributed by atoms with Gasteiger partial charge in [-0.25, -0.2) is 0 Å². The molecule has 0 unspecified atom stereocenters. The maximum Gasteiger partial charge on any atom is 0.256 e. The third kappa shape index (κ3) is 4.22. The highest BCUT2D eigenvalue weighted by molar-refractivity contribution is 6.03. The van der Waals surface area contributed by atoms with E-state index in [-0.39, 0.29) is 11.8 Å². The molecule has 2 rings (SSSR count). The molecule has 0 aromatic heterocycles. The molecule has 0 saturated carbocycles. The van der Waals surface area contributed by atoms with Gasteiger partial charge in [0, 0.05) is 20.0 Å². The van der Waals surface area contributed by atoms with E-state index >= 15 is 0 Å². The predicted octanol–water partition coefficient (Wildman–Crippen LogP) is 3.92. The molecule has 0 radical (unpaired) electrons. The van der Waals surface area contributed by atoms with Crippen molar-refractivity contribution in [2.75, 3.05) is 12.4 Å². The summed E-state index contributed by atoms with van der Waals surface area (Å²) in [7, 11) is 1.78. The van der Waals surface area contributed by atoms with Crippen LogP contribution in [0.4, 0.5) is 5.69 Å². The number of hydrogen-bond acceptors (Lipinski definition) is 2. The number of nitrogens with zero attached hydrogens (tertiary/aromatic N) is 1. The zero-order chi connectivity index (χ0) is 17.7. The van der Waals surface area contributed by atoms with Crippen LogP contribution in [0.2, 0.25) is 0 Å². The highest BCUT2D eigenvalue weighted by Gasteiger charge is 2.17. The van der Waals surface area contributed by atoms with Gasteiger partial charge in [0.1, 0.15) is 0 Å². The molecule has 126 valence electrons. The SMILES string of the molecule is CCC(=O)Nc1ccccc1C(=O)N(C)Cc1ccc(C)cc1C. The van der Waals surface area contributed by atoms with Crippen LogP contribution in [-0.2, 0) is 11.3 Å². The molecule has 0 bridgehead atoms. The molecule has 0 atom stereocenters. The summed E-state index contributed by atoms with van der Waals surface area (Å²) in [5, 5.41) is 2.79. The van der Waals surface area contributed by atoms with E-state index < -0.39 is 0 Å². The topological polar surface area (TPSA) is 49.4 Å². The quantitative estimate of drug-likeness (QED) is 0.906. The van der Waals surface area contributed by atoms with Crippen LogP contribution in [0.5, 0.6) is 0 Å². The molecule has 1 N–H and O–H groups in total. The van der Waals surface area contributed by atoms with Gasteiger partial charge < -0.3 is 10.2 Å². The lowest BCUT2D eigenvalue weighted by Gasteiger charge is -2.20. The van der Waals surface area contributed by atoms with Crippen LogP contribution < -0.4 is 5.32 Å². The molecule has 0 spiro atoms. The van der Waals surface area contributed by atoms with Crippen LogP contribution in [0, 0.1) is 13.8 Å². The summed E-state index contributed by atoms with van der Waals surface area (Å²) in [5.74, 6) is -0.214. The minimum absolute atomic E-state index is 0.104. The van der Waals surface area contributed by atoms with Crippen molar-refractivity contribution in [1.29, 1.82) is 0 Å². The maximum atomic E-state index is 12.8. The Bertz CT molecular complexity index is 753. The van der Waals surface area contributed by atoms with E-state index in [1.807, 2.05) is 6.07 Å². The van der Waals surface area contributed by atoms with Crippen molar-refractivity contribution in [3.8, 4) is 0 Å². The summed E-state index contributed by atoms with van der Waals surface area (Å²) in [6.45, 7) is 6.42. The van der Waals surface area contributed by atoms with E-state index in [0.717, 1.165) is 5.56 Å². The second-order valence-electron chi connectivity index (χ2n) is 6.04. The second-order valence-corrected chi connectivity index (χ2v) is 6.04. The molecule has 0 fully saturated rings. The first kappa shape index (κ1) is 17.7. The molecule has 2 aromatic rings. The summed E-state index contributed by atoms with van der Waals surface area (Å²) in [6, 6.07) is 13.3. The van der Waals surface area contributed by atoms with Gasteiger partial charge in [-0.1, -0.05) is 42.8 Å². The van der Waals surface area contributed by atoms with Crippen molar-refractivity contribution in [2.45, 2.75) is 33.7 Å². The number of anilines is 1. The Morgan fingerprint density at radius 1 is 1.08 bits per heavy atom. The van der Waals surface area contributed by atoms with Crippen molar-refractivity contribution in [3.63, 3.8) is 0 Å². The zero-order valence-electron chi connectivity index (χ0n) is 14.7. The molecule has 0 aliphatic rings. The normalized spacial score (nSPS) is 10.3. The van der Waals surface area contributed by atoms with E-state index in [0.29, 0.717) is 24.2 Å². The fraction of sp³-hybridized carbons (Fsp3) is 0.300. The number of aryl methyl sites for hydroxylation is 2. The van der Waals surface area contributed by atoms with Crippen LogP contribution in [0.15, 0.2) is 42.5 Å². The number of para-hydroxylation sites is 1. The molecule has 0 heterocycles. The Morgan fingerprint density at radius 3 is 2.46 bits per heavy atom. The third-order valence-corrected chi connectivity index (χ3v) is 4.00. The number of amides is 2. The van der Waals surface area contributed by atoms with Gasteiger partial charge >= 0.3 is 0 Å². The second kappa shape index (κ2) is 7.77. The fourth-order valence-electron chi connectivity index (χ4n) is 2.57. The molecular weight excluding hydrogens is 300 g/mol. The van der Waals surface area contributed by atoms with E-state index in [1.165, 1.54) is 11.1 Å². The number of carbonyl (C=O) groups is 2. The van der Waals surface area contributed by atoms with Gasteiger partial charge in [-0.05, 0) is 37.1 Å². The van der Waals surface area contributed by atoms with Gasteiger partial charge in [-0.15, -0.1) is 0 Å². The van der Waals surface area contributed by atoms with Crippen LogP contribution in [0.25, 0.3) is 0 Å². The first-order chi connectivity index (χ1) is 11.4. The molecule has 4 heteroatoms. The Hall–Kier alpha value is -2.62. The van der Waals surface area contributed by atoms with Gasteiger partial charge in [-0.2, -0.15) is 0 Å². The Labute approximate surface area is 143 Å². The molecule has 4 nitrogen and oxygen atoms in total.